The number of ether oxygens (including phenoxy) is 1. The minimum atomic E-state index is -0.143. The van der Waals surface area contributed by atoms with Crippen LogP contribution in [-0.4, -0.2) is 19.6 Å². The monoisotopic (exact) mass is 426 g/mol. The maximum atomic E-state index is 12.8. The second kappa shape index (κ2) is 9.72. The molecule has 3 aromatic carbocycles. The molecule has 0 heterocycles. The van der Waals surface area contributed by atoms with Gasteiger partial charge in [0.1, 0.15) is 12.3 Å². The van der Waals surface area contributed by atoms with Gasteiger partial charge in [-0.1, -0.05) is 47.5 Å². The third kappa shape index (κ3) is 5.68. The van der Waals surface area contributed by atoms with Crippen molar-refractivity contribution in [1.82, 2.24) is 0 Å². The van der Waals surface area contributed by atoms with Crippen LogP contribution < -0.4 is 14.4 Å². The number of benzene rings is 3. The first kappa shape index (κ1) is 21.1. The molecule has 0 aliphatic rings. The third-order valence-corrected chi connectivity index (χ3v) is 5.77. The number of nitrogens with one attached hydrogen (secondary N) is 1. The van der Waals surface area contributed by atoms with Crippen molar-refractivity contribution in [3.05, 3.63) is 82.9 Å². The summed E-state index contributed by atoms with van der Waals surface area (Å²) in [5.41, 5.74) is 3.66. The summed E-state index contributed by atoms with van der Waals surface area (Å²) < 4.78 is 7.43. The molecule has 3 aromatic rings. The van der Waals surface area contributed by atoms with Gasteiger partial charge in [0, 0.05) is 15.6 Å². The number of anilines is 2. The Balaban J connectivity index is 1.82. The minimum absolute atomic E-state index is 0.143. The van der Waals surface area contributed by atoms with E-state index in [1.165, 1.54) is 17.5 Å². The van der Waals surface area contributed by atoms with E-state index in [1.54, 1.807) is 13.2 Å². The lowest BCUT2D eigenvalue weighted by atomic mass is 10.2. The van der Waals surface area contributed by atoms with Crippen LogP contribution in [0, 0.1) is 13.8 Å². The van der Waals surface area contributed by atoms with E-state index >= 15 is 0 Å². The molecule has 0 aliphatic carbocycles. The number of para-hydroxylation sites is 2. The zero-order valence-corrected chi connectivity index (χ0v) is 18.2. The first-order valence-corrected chi connectivity index (χ1v) is 10.3. The van der Waals surface area contributed by atoms with Gasteiger partial charge in [-0.05, 0) is 67.8 Å². The van der Waals surface area contributed by atoms with E-state index < -0.39 is 0 Å². The molecule has 0 bridgehead atoms. The topological polar surface area (TPSA) is 41.6 Å². The highest BCUT2D eigenvalue weighted by Gasteiger charge is 2.17. The van der Waals surface area contributed by atoms with Gasteiger partial charge in [-0.25, -0.2) is 0 Å². The van der Waals surface area contributed by atoms with E-state index in [-0.39, 0.29) is 12.5 Å². The fourth-order valence-electron chi connectivity index (χ4n) is 2.73. The first-order chi connectivity index (χ1) is 14.0. The molecular formula is C23H23ClN2O2S. The average molecular weight is 427 g/mol. The molecule has 3 rings (SSSR count). The summed E-state index contributed by atoms with van der Waals surface area (Å²) in [5.74, 6) is 0.564. The van der Waals surface area contributed by atoms with E-state index in [4.69, 9.17) is 16.3 Å². The predicted molar refractivity (Wildman–Crippen MR) is 122 cm³/mol. The van der Waals surface area contributed by atoms with Crippen LogP contribution in [0.4, 0.5) is 11.4 Å². The molecule has 6 heteroatoms. The van der Waals surface area contributed by atoms with Gasteiger partial charge in [-0.15, -0.1) is 0 Å². The van der Waals surface area contributed by atoms with Gasteiger partial charge in [0.05, 0.1) is 12.8 Å². The molecule has 0 radical (unpaired) electrons. The molecule has 0 aromatic heterocycles. The largest absolute Gasteiger partial charge is 0.495 e. The van der Waals surface area contributed by atoms with Crippen LogP contribution >= 0.6 is 23.5 Å². The lowest BCUT2D eigenvalue weighted by molar-refractivity contribution is -0.114. The molecule has 0 saturated carbocycles. The van der Waals surface area contributed by atoms with Crippen LogP contribution in [0.1, 0.15) is 11.1 Å². The highest BCUT2D eigenvalue weighted by atomic mass is 35.5. The molecule has 1 N–H and O–H groups in total. The SMILES string of the molecule is COc1ccccc1N(CC(=O)Nc1ccc(C)c(Cl)c1)Sc1ccc(C)cc1. The van der Waals surface area contributed by atoms with Crippen LogP contribution in [0.5, 0.6) is 5.75 Å². The second-order valence-electron chi connectivity index (χ2n) is 6.62. The van der Waals surface area contributed by atoms with Crippen molar-refractivity contribution in [3.63, 3.8) is 0 Å². The van der Waals surface area contributed by atoms with Crippen LogP contribution in [0.15, 0.2) is 71.6 Å². The first-order valence-electron chi connectivity index (χ1n) is 9.17. The molecule has 0 aliphatic heterocycles. The maximum absolute atomic E-state index is 12.8. The van der Waals surface area contributed by atoms with Gasteiger partial charge >= 0.3 is 0 Å². The Morgan fingerprint density at radius 1 is 1.07 bits per heavy atom. The van der Waals surface area contributed by atoms with E-state index in [0.717, 1.165) is 16.1 Å². The van der Waals surface area contributed by atoms with E-state index in [9.17, 15) is 4.79 Å². The summed E-state index contributed by atoms with van der Waals surface area (Å²) in [6, 6.07) is 21.3. The summed E-state index contributed by atoms with van der Waals surface area (Å²) in [7, 11) is 1.63. The van der Waals surface area contributed by atoms with Gasteiger partial charge in [-0.3, -0.25) is 9.10 Å². The maximum Gasteiger partial charge on any atom is 0.244 e. The number of halogens is 1. The summed E-state index contributed by atoms with van der Waals surface area (Å²) >= 11 is 7.67. The number of hydrogen-bond acceptors (Lipinski definition) is 4. The van der Waals surface area contributed by atoms with E-state index in [0.29, 0.717) is 16.5 Å². The van der Waals surface area contributed by atoms with Gasteiger partial charge < -0.3 is 10.1 Å². The molecular weight excluding hydrogens is 404 g/mol. The fraction of sp³-hybridized carbons (Fsp3) is 0.174. The number of nitrogens with zero attached hydrogens (tertiary/aromatic N) is 1. The number of amides is 1. The number of carbonyl (C=O) groups is 1. The van der Waals surface area contributed by atoms with Crippen LogP contribution in [-0.2, 0) is 4.79 Å². The Labute approximate surface area is 181 Å². The minimum Gasteiger partial charge on any atom is -0.495 e. The number of carbonyl (C=O) groups excluding carboxylic acids is 1. The van der Waals surface area contributed by atoms with Gasteiger partial charge in [0.15, 0.2) is 0 Å². The molecule has 29 heavy (non-hydrogen) atoms. The van der Waals surface area contributed by atoms with Crippen molar-refractivity contribution in [1.29, 1.82) is 0 Å². The zero-order chi connectivity index (χ0) is 20.8. The van der Waals surface area contributed by atoms with Crippen molar-refractivity contribution >= 4 is 40.8 Å². The van der Waals surface area contributed by atoms with E-state index in [2.05, 4.69) is 17.4 Å². The molecule has 150 valence electrons. The molecule has 0 unspecified atom stereocenters. The van der Waals surface area contributed by atoms with Crippen LogP contribution in [0.3, 0.4) is 0 Å². The lowest BCUT2D eigenvalue weighted by Crippen LogP contribution is -2.28. The molecule has 0 spiro atoms. The summed E-state index contributed by atoms with van der Waals surface area (Å²) in [4.78, 5) is 13.8. The second-order valence-corrected chi connectivity index (χ2v) is 8.13. The van der Waals surface area contributed by atoms with Gasteiger partial charge in [-0.2, -0.15) is 0 Å². The van der Waals surface area contributed by atoms with Crippen LogP contribution in [0.2, 0.25) is 5.02 Å². The highest BCUT2D eigenvalue weighted by Crippen LogP contribution is 2.35. The van der Waals surface area contributed by atoms with Crippen molar-refractivity contribution in [2.24, 2.45) is 0 Å². The van der Waals surface area contributed by atoms with Gasteiger partial charge in [0.25, 0.3) is 0 Å². The Morgan fingerprint density at radius 3 is 2.48 bits per heavy atom. The van der Waals surface area contributed by atoms with E-state index in [1.807, 2.05) is 66.7 Å². The van der Waals surface area contributed by atoms with Crippen LogP contribution in [0.25, 0.3) is 0 Å². The molecule has 0 saturated heterocycles. The Hall–Kier alpha value is -2.63. The fourth-order valence-corrected chi connectivity index (χ4v) is 3.85. The molecule has 4 nitrogen and oxygen atoms in total. The van der Waals surface area contributed by atoms with Crippen molar-refractivity contribution < 1.29 is 9.53 Å². The quantitative estimate of drug-likeness (QED) is 0.462. The third-order valence-electron chi connectivity index (χ3n) is 4.33. The average Bonchev–Trinajstić information content (AvgIpc) is 2.72. The highest BCUT2D eigenvalue weighted by molar-refractivity contribution is 8.00. The number of methoxy groups -OCH3 is 1. The summed E-state index contributed by atoms with van der Waals surface area (Å²) in [6.07, 6.45) is 0. The molecule has 1 amide bonds. The molecule has 0 atom stereocenters. The Morgan fingerprint density at radius 2 is 1.79 bits per heavy atom. The normalized spacial score (nSPS) is 10.5. The summed E-state index contributed by atoms with van der Waals surface area (Å²) in [6.45, 7) is 4.12. The Kier molecular flexibility index (Phi) is 7.07. The smallest absolute Gasteiger partial charge is 0.244 e. The molecule has 0 fully saturated rings. The predicted octanol–water partition coefficient (Wildman–Crippen LogP) is 6.12. The number of aryl methyl sites for hydroxylation is 2. The number of rotatable bonds is 7. The zero-order valence-electron chi connectivity index (χ0n) is 16.6. The van der Waals surface area contributed by atoms with Crippen molar-refractivity contribution in [2.75, 3.05) is 23.3 Å². The standard InChI is InChI=1S/C23H23ClN2O2S/c1-16-8-12-19(13-9-16)29-26(21-6-4-5-7-22(21)28-3)15-23(27)25-18-11-10-17(2)20(24)14-18/h4-14H,15H2,1-3H3,(H,25,27). The van der Waals surface area contributed by atoms with Crippen molar-refractivity contribution in [3.8, 4) is 5.75 Å². The van der Waals surface area contributed by atoms with Crippen molar-refractivity contribution in [2.45, 2.75) is 18.7 Å². The Bertz CT molecular complexity index is 992. The van der Waals surface area contributed by atoms with Gasteiger partial charge in [0.2, 0.25) is 5.91 Å². The lowest BCUT2D eigenvalue weighted by Gasteiger charge is -2.24. The summed E-state index contributed by atoms with van der Waals surface area (Å²) in [5, 5.41) is 3.55. The number of hydrogen-bond donors (Lipinski definition) is 1.